The van der Waals surface area contributed by atoms with Gasteiger partial charge in [-0.15, -0.1) is 0 Å². The summed E-state index contributed by atoms with van der Waals surface area (Å²) in [7, 11) is 0. The van der Waals surface area contributed by atoms with Gasteiger partial charge in [0.2, 0.25) is 23.5 Å². The molecule has 0 saturated carbocycles. The van der Waals surface area contributed by atoms with Gasteiger partial charge in [-0.05, 0) is 61.8 Å². The van der Waals surface area contributed by atoms with E-state index in [1.807, 2.05) is 60.7 Å². The van der Waals surface area contributed by atoms with Gasteiger partial charge in [0.1, 0.15) is 12.1 Å². The van der Waals surface area contributed by atoms with Crippen LogP contribution in [0.25, 0.3) is 0 Å². The number of ketones is 1. The van der Waals surface area contributed by atoms with Crippen molar-refractivity contribution < 1.29 is 29.1 Å². The molecular weight excluding hydrogens is 640 g/mol. The summed E-state index contributed by atoms with van der Waals surface area (Å²) in [6, 6.07) is 18.3. The van der Waals surface area contributed by atoms with Crippen LogP contribution in [0.4, 0.5) is 0 Å². The van der Waals surface area contributed by atoms with Gasteiger partial charge in [0.15, 0.2) is 5.96 Å². The van der Waals surface area contributed by atoms with E-state index in [4.69, 9.17) is 11.1 Å². The van der Waals surface area contributed by atoms with Crippen LogP contribution in [0.2, 0.25) is 0 Å². The molecule has 0 bridgehead atoms. The van der Waals surface area contributed by atoms with Crippen LogP contribution in [-0.4, -0.2) is 76.2 Å². The summed E-state index contributed by atoms with van der Waals surface area (Å²) in [6.07, 6.45) is 3.18. The Balaban J connectivity index is 1.71. The molecule has 0 spiro atoms. The molecule has 1 aromatic heterocycles. The molecule has 0 radical (unpaired) electrons. The maximum Gasteiger partial charge on any atom is 0.289 e. The van der Waals surface area contributed by atoms with E-state index in [0.717, 1.165) is 11.1 Å². The van der Waals surface area contributed by atoms with Crippen LogP contribution in [0.1, 0.15) is 49.3 Å². The van der Waals surface area contributed by atoms with Crippen molar-refractivity contribution >= 4 is 35.4 Å². The summed E-state index contributed by atoms with van der Waals surface area (Å²) in [6.45, 7) is 1.52. The standard InChI is InChI=1S/C36H46N8O6/c1-24(45)31(34(49)43-28(15-9-21-40-36(37)38)32(47)35(50)41-23-27-14-8-20-39-22-27)44-33(48)29(18-16-25-10-4-2-5-11-25)42-30(46)19-17-26-12-6-3-7-13-26/h2-8,10-14,20,22,24,28-29,31,45H,9,15-19,21,23H2,1H3,(H,41,50)(H,42,46)(H,43,49)(H,44,48)(H4,37,38,40)/t24-,28+,29+,31+/m1/s1. The Kier molecular flexibility index (Phi) is 16.0. The van der Waals surface area contributed by atoms with E-state index >= 15 is 0 Å². The van der Waals surface area contributed by atoms with Crippen LogP contribution < -0.4 is 32.3 Å². The van der Waals surface area contributed by atoms with Crippen molar-refractivity contribution in [2.75, 3.05) is 6.54 Å². The lowest BCUT2D eigenvalue weighted by Crippen LogP contribution is -2.59. The lowest BCUT2D eigenvalue weighted by Gasteiger charge is -2.26. The number of aliphatic hydroxyl groups is 1. The number of Topliss-reactive ketones (excluding diaryl/α,β-unsaturated/α-hetero) is 1. The van der Waals surface area contributed by atoms with Crippen LogP contribution in [0.3, 0.4) is 0 Å². The number of hydrogen-bond acceptors (Lipinski definition) is 8. The van der Waals surface area contributed by atoms with Crippen molar-refractivity contribution in [1.29, 1.82) is 5.41 Å². The first kappa shape index (κ1) is 38.8. The summed E-state index contributed by atoms with van der Waals surface area (Å²) in [5.74, 6) is -4.12. The van der Waals surface area contributed by atoms with Gasteiger partial charge in [0.25, 0.3) is 5.91 Å². The van der Waals surface area contributed by atoms with E-state index in [1.165, 1.54) is 13.1 Å². The molecule has 3 rings (SSSR count). The molecule has 9 N–H and O–H groups in total. The SMILES string of the molecule is C[C@@H](O)[C@H](NC(=O)[C@H](CCc1ccccc1)NC(=O)CCc1ccccc1)C(=O)N[C@@H](CCCNC(=N)N)C(=O)C(=O)NCc1cccnc1. The van der Waals surface area contributed by atoms with Crippen molar-refractivity contribution in [2.45, 2.75) is 76.2 Å². The Hall–Kier alpha value is -5.63. The number of benzene rings is 2. The molecule has 2 aromatic carbocycles. The number of aromatic nitrogens is 1. The van der Waals surface area contributed by atoms with Gasteiger partial charge >= 0.3 is 0 Å². The maximum absolute atomic E-state index is 13.6. The highest BCUT2D eigenvalue weighted by Gasteiger charge is 2.33. The highest BCUT2D eigenvalue weighted by Crippen LogP contribution is 2.09. The minimum Gasteiger partial charge on any atom is -0.391 e. The number of hydrogen-bond donors (Lipinski definition) is 8. The number of nitrogens with zero attached hydrogens (tertiary/aromatic N) is 1. The largest absolute Gasteiger partial charge is 0.391 e. The van der Waals surface area contributed by atoms with E-state index < -0.39 is 47.7 Å². The zero-order chi connectivity index (χ0) is 36.3. The van der Waals surface area contributed by atoms with E-state index in [2.05, 4.69) is 31.6 Å². The van der Waals surface area contributed by atoms with Gasteiger partial charge < -0.3 is 37.4 Å². The molecule has 0 saturated heterocycles. The zero-order valence-corrected chi connectivity index (χ0v) is 28.1. The Labute approximate surface area is 291 Å². The predicted molar refractivity (Wildman–Crippen MR) is 187 cm³/mol. The van der Waals surface area contributed by atoms with Crippen LogP contribution >= 0.6 is 0 Å². The smallest absolute Gasteiger partial charge is 0.289 e. The number of nitrogens with one attached hydrogen (secondary N) is 6. The van der Waals surface area contributed by atoms with Crippen molar-refractivity contribution in [1.82, 2.24) is 31.6 Å². The van der Waals surface area contributed by atoms with Gasteiger partial charge in [0, 0.05) is 31.9 Å². The second-order valence-corrected chi connectivity index (χ2v) is 11.8. The van der Waals surface area contributed by atoms with Crippen molar-refractivity contribution in [2.24, 2.45) is 5.73 Å². The second kappa shape index (κ2) is 20.7. The third-order valence-corrected chi connectivity index (χ3v) is 7.78. The molecule has 0 aliphatic carbocycles. The molecule has 4 atom stereocenters. The van der Waals surface area contributed by atoms with E-state index in [1.54, 1.807) is 18.3 Å². The fourth-order valence-electron chi connectivity index (χ4n) is 5.04. The molecule has 4 amide bonds. The molecule has 0 unspecified atom stereocenters. The number of aryl methyl sites for hydroxylation is 2. The highest BCUT2D eigenvalue weighted by molar-refractivity contribution is 6.38. The summed E-state index contributed by atoms with van der Waals surface area (Å²) in [4.78, 5) is 70.1. The van der Waals surface area contributed by atoms with E-state index in [-0.39, 0.29) is 50.6 Å². The lowest BCUT2D eigenvalue weighted by atomic mass is 10.0. The van der Waals surface area contributed by atoms with Crippen LogP contribution in [-0.2, 0) is 43.4 Å². The molecule has 0 fully saturated rings. The third kappa shape index (κ3) is 13.8. The van der Waals surface area contributed by atoms with Gasteiger partial charge in [-0.1, -0.05) is 66.7 Å². The molecule has 14 heteroatoms. The highest BCUT2D eigenvalue weighted by atomic mass is 16.3. The summed E-state index contributed by atoms with van der Waals surface area (Å²) >= 11 is 0. The second-order valence-electron chi connectivity index (χ2n) is 11.8. The number of pyridine rings is 1. The third-order valence-electron chi connectivity index (χ3n) is 7.78. The van der Waals surface area contributed by atoms with E-state index in [0.29, 0.717) is 18.4 Å². The van der Waals surface area contributed by atoms with Gasteiger partial charge in [-0.2, -0.15) is 0 Å². The van der Waals surface area contributed by atoms with Crippen molar-refractivity contribution in [3.8, 4) is 0 Å². The average molecular weight is 687 g/mol. The molecule has 266 valence electrons. The van der Waals surface area contributed by atoms with Crippen LogP contribution in [0, 0.1) is 5.41 Å². The number of guanidine groups is 1. The number of aliphatic hydroxyl groups excluding tert-OH is 1. The molecule has 14 nitrogen and oxygen atoms in total. The first-order valence-corrected chi connectivity index (χ1v) is 16.5. The maximum atomic E-state index is 13.6. The molecule has 50 heavy (non-hydrogen) atoms. The summed E-state index contributed by atoms with van der Waals surface area (Å²) in [5.41, 5.74) is 7.90. The van der Waals surface area contributed by atoms with E-state index in [9.17, 15) is 29.1 Å². The summed E-state index contributed by atoms with van der Waals surface area (Å²) < 4.78 is 0. The zero-order valence-electron chi connectivity index (χ0n) is 28.1. The fraction of sp³-hybridized carbons (Fsp3) is 0.361. The first-order chi connectivity index (χ1) is 24.0. The van der Waals surface area contributed by atoms with Gasteiger partial charge in [0.05, 0.1) is 12.1 Å². The number of carbonyl (C=O) groups is 5. The normalized spacial score (nSPS) is 13.1. The quantitative estimate of drug-likeness (QED) is 0.0360. The Morgan fingerprint density at radius 3 is 2.02 bits per heavy atom. The number of rotatable bonds is 20. The minimum absolute atomic E-state index is 0.0111. The monoisotopic (exact) mass is 686 g/mol. The summed E-state index contributed by atoms with van der Waals surface area (Å²) in [5, 5.41) is 30.9. The topological polar surface area (TPSA) is 228 Å². The number of carbonyl (C=O) groups excluding carboxylic acids is 5. The molecule has 0 aliphatic rings. The molecular formula is C36H46N8O6. The number of amides is 4. The molecule has 0 aliphatic heterocycles. The van der Waals surface area contributed by atoms with Gasteiger partial charge in [-0.25, -0.2) is 0 Å². The van der Waals surface area contributed by atoms with Gasteiger partial charge in [-0.3, -0.25) is 34.4 Å². The predicted octanol–water partition coefficient (Wildman–Crippen LogP) is 0.631. The Bertz CT molecular complexity index is 1560. The lowest BCUT2D eigenvalue weighted by molar-refractivity contribution is -0.141. The minimum atomic E-state index is -1.52. The molecule has 1 heterocycles. The molecule has 3 aromatic rings. The van der Waals surface area contributed by atoms with Crippen LogP contribution in [0.15, 0.2) is 85.2 Å². The number of nitrogens with two attached hydrogens (primary N) is 1. The fourth-order valence-corrected chi connectivity index (χ4v) is 5.04. The first-order valence-electron chi connectivity index (χ1n) is 16.5. The van der Waals surface area contributed by atoms with Crippen LogP contribution in [0.5, 0.6) is 0 Å². The Morgan fingerprint density at radius 2 is 1.42 bits per heavy atom. The average Bonchev–Trinajstić information content (AvgIpc) is 3.12. The Morgan fingerprint density at radius 1 is 0.780 bits per heavy atom. The van der Waals surface area contributed by atoms with Crippen molar-refractivity contribution in [3.63, 3.8) is 0 Å². The van der Waals surface area contributed by atoms with Crippen molar-refractivity contribution in [3.05, 3.63) is 102 Å².